The summed E-state index contributed by atoms with van der Waals surface area (Å²) in [6.07, 6.45) is 1.73. The molecule has 136 valence electrons. The molecule has 0 atom stereocenters. The molecule has 1 N–H and O–H groups in total. The Morgan fingerprint density at radius 3 is 2.63 bits per heavy atom. The van der Waals surface area contributed by atoms with E-state index in [-0.39, 0.29) is 0 Å². The predicted molar refractivity (Wildman–Crippen MR) is 113 cm³/mol. The minimum Gasteiger partial charge on any atom is -0.378 e. The Labute approximate surface area is 164 Å². The van der Waals surface area contributed by atoms with Gasteiger partial charge in [0, 0.05) is 36.7 Å². The number of fused-ring (bicyclic) bond motifs is 3. The molecule has 0 saturated carbocycles. The third kappa shape index (κ3) is 3.35. The van der Waals surface area contributed by atoms with Gasteiger partial charge in [0.1, 0.15) is 5.52 Å². The van der Waals surface area contributed by atoms with Gasteiger partial charge < -0.3 is 9.47 Å². The van der Waals surface area contributed by atoms with Crippen LogP contribution in [0.1, 0.15) is 5.56 Å². The molecule has 0 radical (unpaired) electrons. The quantitative estimate of drug-likeness (QED) is 0.399. The molecule has 27 heavy (non-hydrogen) atoms. The number of anilines is 2. The van der Waals surface area contributed by atoms with E-state index in [9.17, 15) is 0 Å². The molecule has 0 saturated heterocycles. The number of hydrogen-bond acceptors (Lipinski definition) is 6. The lowest BCUT2D eigenvalue weighted by atomic mass is 10.2. The highest BCUT2D eigenvalue weighted by atomic mass is 79.9. The van der Waals surface area contributed by atoms with Crippen molar-refractivity contribution >= 4 is 55.8 Å². The van der Waals surface area contributed by atoms with Crippen LogP contribution in [0.15, 0.2) is 52.0 Å². The van der Waals surface area contributed by atoms with Crippen molar-refractivity contribution in [1.82, 2.24) is 19.7 Å². The van der Waals surface area contributed by atoms with Crippen LogP contribution < -0.4 is 10.3 Å². The van der Waals surface area contributed by atoms with Crippen molar-refractivity contribution in [2.45, 2.75) is 0 Å². The number of hydrogen-bond donors (Lipinski definition) is 1. The number of nitrogens with one attached hydrogen (secondary N) is 1. The zero-order valence-corrected chi connectivity index (χ0v) is 16.8. The maximum absolute atomic E-state index is 4.55. The lowest BCUT2D eigenvalue weighted by Crippen LogP contribution is -2.08. The van der Waals surface area contributed by atoms with Gasteiger partial charge in [0.25, 0.3) is 5.95 Å². The van der Waals surface area contributed by atoms with Crippen LogP contribution in [-0.4, -0.2) is 40.1 Å². The minimum absolute atomic E-state index is 0.355. The molecule has 0 amide bonds. The first kappa shape index (κ1) is 17.4. The fourth-order valence-electron chi connectivity index (χ4n) is 2.90. The molecular formula is C19H18BrN7. The number of nitrogens with zero attached hydrogens (tertiary/aromatic N) is 6. The van der Waals surface area contributed by atoms with Crippen LogP contribution in [0.5, 0.6) is 0 Å². The Kier molecular flexibility index (Phi) is 4.49. The van der Waals surface area contributed by atoms with Crippen molar-refractivity contribution in [2.75, 3.05) is 24.4 Å². The first-order valence-corrected chi connectivity index (χ1v) is 9.17. The van der Waals surface area contributed by atoms with E-state index in [1.54, 1.807) is 6.21 Å². The topological polar surface area (TPSA) is 71.2 Å². The van der Waals surface area contributed by atoms with Gasteiger partial charge in [0.2, 0.25) is 0 Å². The standard InChI is InChI=1S/C19H18BrN7/c1-26(2)14-7-4-12(5-8-14)11-21-24-19-22-18-17(23-25-19)15-10-13(20)6-9-16(15)27(18)3/h4-11H,1-3H3,(H,22,24,25)/b21-11+. The van der Waals surface area contributed by atoms with Gasteiger partial charge in [-0.15, -0.1) is 10.2 Å². The Balaban J connectivity index is 1.59. The first-order chi connectivity index (χ1) is 13.0. The van der Waals surface area contributed by atoms with Crippen molar-refractivity contribution in [1.29, 1.82) is 0 Å². The smallest absolute Gasteiger partial charge is 0.265 e. The Morgan fingerprint density at radius 1 is 1.11 bits per heavy atom. The minimum atomic E-state index is 0.355. The highest BCUT2D eigenvalue weighted by molar-refractivity contribution is 9.10. The van der Waals surface area contributed by atoms with E-state index in [4.69, 9.17) is 0 Å². The average molecular weight is 424 g/mol. The van der Waals surface area contributed by atoms with E-state index in [0.717, 1.165) is 37.8 Å². The largest absolute Gasteiger partial charge is 0.378 e. The molecule has 0 bridgehead atoms. The van der Waals surface area contributed by atoms with Gasteiger partial charge in [-0.05, 0) is 35.9 Å². The Hall–Kier alpha value is -3.00. The molecule has 0 unspecified atom stereocenters. The van der Waals surface area contributed by atoms with Gasteiger partial charge in [-0.25, -0.2) is 5.43 Å². The Morgan fingerprint density at radius 2 is 1.89 bits per heavy atom. The summed E-state index contributed by atoms with van der Waals surface area (Å²) in [6.45, 7) is 0. The fourth-order valence-corrected chi connectivity index (χ4v) is 3.26. The third-order valence-electron chi connectivity index (χ3n) is 4.35. The highest BCUT2D eigenvalue weighted by Crippen LogP contribution is 2.28. The molecule has 2 heterocycles. The molecule has 0 aliphatic heterocycles. The van der Waals surface area contributed by atoms with Gasteiger partial charge in [0.15, 0.2) is 5.65 Å². The number of hydrazone groups is 1. The molecule has 4 aromatic rings. The van der Waals surface area contributed by atoms with Crippen LogP contribution in [0.3, 0.4) is 0 Å². The van der Waals surface area contributed by atoms with Crippen molar-refractivity contribution in [2.24, 2.45) is 12.1 Å². The van der Waals surface area contributed by atoms with Crippen LogP contribution in [0.25, 0.3) is 22.1 Å². The lowest BCUT2D eigenvalue weighted by Gasteiger charge is -2.11. The second-order valence-corrected chi connectivity index (χ2v) is 7.30. The molecule has 0 aliphatic rings. The van der Waals surface area contributed by atoms with Crippen molar-refractivity contribution in [3.63, 3.8) is 0 Å². The SMILES string of the molecule is CN(C)c1ccc(/C=N/Nc2nnc3c4cc(Br)ccc4n(C)c3n2)cc1. The molecule has 4 rings (SSSR count). The molecule has 7 nitrogen and oxygen atoms in total. The van der Waals surface area contributed by atoms with Crippen molar-refractivity contribution in [3.05, 3.63) is 52.5 Å². The molecular weight excluding hydrogens is 406 g/mol. The van der Waals surface area contributed by atoms with E-state index in [1.165, 1.54) is 0 Å². The number of halogens is 1. The van der Waals surface area contributed by atoms with Crippen LogP contribution >= 0.6 is 15.9 Å². The van der Waals surface area contributed by atoms with Gasteiger partial charge in [-0.3, -0.25) is 0 Å². The zero-order valence-electron chi connectivity index (χ0n) is 15.2. The fraction of sp³-hybridized carbons (Fsp3) is 0.158. The van der Waals surface area contributed by atoms with Gasteiger partial charge in [-0.2, -0.15) is 10.1 Å². The molecule has 8 heteroatoms. The zero-order chi connectivity index (χ0) is 19.0. The van der Waals surface area contributed by atoms with Gasteiger partial charge >= 0.3 is 0 Å². The van der Waals surface area contributed by atoms with Crippen molar-refractivity contribution in [3.8, 4) is 0 Å². The second-order valence-electron chi connectivity index (χ2n) is 6.38. The number of rotatable bonds is 4. The number of aromatic nitrogens is 4. The Bertz CT molecular complexity index is 1150. The van der Waals surface area contributed by atoms with Crippen LogP contribution in [-0.2, 0) is 7.05 Å². The number of benzene rings is 2. The summed E-state index contributed by atoms with van der Waals surface area (Å²) < 4.78 is 3.00. The first-order valence-electron chi connectivity index (χ1n) is 8.38. The molecule has 2 aromatic carbocycles. The van der Waals surface area contributed by atoms with E-state index in [0.29, 0.717) is 5.95 Å². The summed E-state index contributed by atoms with van der Waals surface area (Å²) >= 11 is 3.50. The molecule has 2 aromatic heterocycles. The lowest BCUT2D eigenvalue weighted by molar-refractivity contribution is 0.949. The molecule has 0 spiro atoms. The highest BCUT2D eigenvalue weighted by Gasteiger charge is 2.12. The molecule has 0 fully saturated rings. The van der Waals surface area contributed by atoms with Crippen molar-refractivity contribution < 1.29 is 0 Å². The summed E-state index contributed by atoms with van der Waals surface area (Å²) in [5, 5.41) is 13.7. The average Bonchev–Trinajstić information content (AvgIpc) is 2.94. The molecule has 0 aliphatic carbocycles. The van der Waals surface area contributed by atoms with Crippen LogP contribution in [0.2, 0.25) is 0 Å². The van der Waals surface area contributed by atoms with Crippen LogP contribution in [0.4, 0.5) is 11.6 Å². The maximum Gasteiger partial charge on any atom is 0.265 e. The summed E-state index contributed by atoms with van der Waals surface area (Å²) in [4.78, 5) is 6.60. The third-order valence-corrected chi connectivity index (χ3v) is 4.84. The summed E-state index contributed by atoms with van der Waals surface area (Å²) in [5.74, 6) is 0.355. The normalized spacial score (nSPS) is 11.6. The second kappa shape index (κ2) is 6.96. The van der Waals surface area contributed by atoms with E-state index in [2.05, 4.69) is 46.5 Å². The predicted octanol–water partition coefficient (Wildman–Crippen LogP) is 3.79. The van der Waals surface area contributed by atoms with E-state index >= 15 is 0 Å². The van der Waals surface area contributed by atoms with Crippen LogP contribution in [0, 0.1) is 0 Å². The monoisotopic (exact) mass is 423 g/mol. The van der Waals surface area contributed by atoms with E-state index < -0.39 is 0 Å². The summed E-state index contributed by atoms with van der Waals surface area (Å²) in [5.41, 5.74) is 7.55. The van der Waals surface area contributed by atoms with E-state index in [1.807, 2.05) is 68.2 Å². The van der Waals surface area contributed by atoms with Gasteiger partial charge in [0.05, 0.1) is 11.7 Å². The number of aryl methyl sites for hydroxylation is 1. The van der Waals surface area contributed by atoms with Gasteiger partial charge in [-0.1, -0.05) is 28.1 Å². The maximum atomic E-state index is 4.55. The summed E-state index contributed by atoms with van der Waals surface area (Å²) in [7, 11) is 5.99. The summed E-state index contributed by atoms with van der Waals surface area (Å²) in [6, 6.07) is 14.1.